The second-order valence-corrected chi connectivity index (χ2v) is 6.58. The number of anilines is 2. The highest BCUT2D eigenvalue weighted by Gasteiger charge is 2.17. The Balaban J connectivity index is 2.05. The van der Waals surface area contributed by atoms with Crippen molar-refractivity contribution in [2.45, 2.75) is 20.3 Å². The Labute approximate surface area is 181 Å². The molecule has 31 heavy (non-hydrogen) atoms. The zero-order valence-corrected chi connectivity index (χ0v) is 18.3. The van der Waals surface area contributed by atoms with Crippen molar-refractivity contribution in [2.24, 2.45) is 0 Å². The Morgan fingerprint density at radius 1 is 0.871 bits per heavy atom. The quantitative estimate of drug-likeness (QED) is 0.565. The number of ether oxygens (including phenoxy) is 3. The van der Waals surface area contributed by atoms with Gasteiger partial charge in [0.05, 0.1) is 27.9 Å². The lowest BCUT2D eigenvalue weighted by Crippen LogP contribution is -2.33. The minimum Gasteiger partial charge on any atom is -0.493 e. The van der Waals surface area contributed by atoms with Crippen LogP contribution in [0.4, 0.5) is 11.4 Å². The fourth-order valence-electron chi connectivity index (χ4n) is 2.75. The first-order valence-corrected chi connectivity index (χ1v) is 9.61. The van der Waals surface area contributed by atoms with Crippen LogP contribution in [0.2, 0.25) is 0 Å². The highest BCUT2D eigenvalue weighted by atomic mass is 16.5. The number of methoxy groups -OCH3 is 3. The molecule has 9 heteroatoms. The van der Waals surface area contributed by atoms with E-state index < -0.39 is 11.8 Å². The van der Waals surface area contributed by atoms with Gasteiger partial charge in [-0.1, -0.05) is 13.0 Å². The van der Waals surface area contributed by atoms with Crippen molar-refractivity contribution in [3.05, 3.63) is 41.5 Å². The Bertz CT molecular complexity index is 949. The second kappa shape index (κ2) is 10.9. The third kappa shape index (κ3) is 6.11. The molecule has 0 aliphatic rings. The standard InChI is InChI=1S/C22H27N3O6/c1-6-19(26)24-15-8-7-13(2)16(11-15)25-20(27)12-23-22(28)14-9-17(29-3)21(31-5)18(10-14)30-4/h7-11H,6,12H2,1-5H3,(H,23,28)(H,24,26)(H,25,27). The molecule has 0 bridgehead atoms. The van der Waals surface area contributed by atoms with Crippen LogP contribution in [0.1, 0.15) is 29.3 Å². The molecule has 2 rings (SSSR count). The first-order chi connectivity index (χ1) is 14.8. The van der Waals surface area contributed by atoms with Crippen molar-refractivity contribution in [3.8, 4) is 17.2 Å². The van der Waals surface area contributed by atoms with E-state index in [0.29, 0.717) is 35.0 Å². The highest BCUT2D eigenvalue weighted by Crippen LogP contribution is 2.38. The first kappa shape index (κ1) is 23.5. The summed E-state index contributed by atoms with van der Waals surface area (Å²) in [7, 11) is 4.37. The molecule has 0 saturated heterocycles. The van der Waals surface area contributed by atoms with Gasteiger partial charge >= 0.3 is 0 Å². The maximum absolute atomic E-state index is 12.5. The Hall–Kier alpha value is -3.75. The summed E-state index contributed by atoms with van der Waals surface area (Å²) in [4.78, 5) is 36.4. The largest absolute Gasteiger partial charge is 0.493 e. The van der Waals surface area contributed by atoms with Crippen LogP contribution < -0.4 is 30.2 Å². The van der Waals surface area contributed by atoms with Crippen molar-refractivity contribution >= 4 is 29.1 Å². The number of nitrogens with one attached hydrogen (secondary N) is 3. The molecule has 0 aliphatic heterocycles. The number of hydrogen-bond acceptors (Lipinski definition) is 6. The number of aryl methyl sites for hydroxylation is 1. The molecule has 0 atom stereocenters. The molecule has 0 heterocycles. The Morgan fingerprint density at radius 2 is 1.52 bits per heavy atom. The summed E-state index contributed by atoms with van der Waals surface area (Å²) in [6.07, 6.45) is 0.350. The van der Waals surface area contributed by atoms with Crippen LogP contribution in [0, 0.1) is 6.92 Å². The highest BCUT2D eigenvalue weighted by molar-refractivity contribution is 6.00. The summed E-state index contributed by atoms with van der Waals surface area (Å²) >= 11 is 0. The maximum Gasteiger partial charge on any atom is 0.251 e. The Morgan fingerprint density at radius 3 is 2.06 bits per heavy atom. The van der Waals surface area contributed by atoms with E-state index in [0.717, 1.165) is 5.56 Å². The molecule has 3 N–H and O–H groups in total. The number of rotatable bonds is 9. The van der Waals surface area contributed by atoms with Gasteiger partial charge in [-0.3, -0.25) is 14.4 Å². The number of amides is 3. The summed E-state index contributed by atoms with van der Waals surface area (Å²) < 4.78 is 15.7. The van der Waals surface area contributed by atoms with Crippen LogP contribution in [0.25, 0.3) is 0 Å². The molecule has 0 aliphatic carbocycles. The lowest BCUT2D eigenvalue weighted by atomic mass is 10.1. The fraction of sp³-hybridized carbons (Fsp3) is 0.318. The molecule has 0 radical (unpaired) electrons. The van der Waals surface area contributed by atoms with E-state index in [9.17, 15) is 14.4 Å². The molecule has 0 unspecified atom stereocenters. The third-order valence-electron chi connectivity index (χ3n) is 4.45. The number of hydrogen-bond donors (Lipinski definition) is 3. The normalized spacial score (nSPS) is 10.1. The number of carbonyl (C=O) groups is 3. The average molecular weight is 429 g/mol. The second-order valence-electron chi connectivity index (χ2n) is 6.58. The van der Waals surface area contributed by atoms with Crippen LogP contribution in [0.3, 0.4) is 0 Å². The van der Waals surface area contributed by atoms with Gasteiger partial charge in [-0.05, 0) is 36.8 Å². The van der Waals surface area contributed by atoms with Crippen LogP contribution in [0.5, 0.6) is 17.2 Å². The predicted octanol–water partition coefficient (Wildman–Crippen LogP) is 2.74. The minimum absolute atomic E-state index is 0.126. The molecule has 0 spiro atoms. The number of carbonyl (C=O) groups excluding carboxylic acids is 3. The summed E-state index contributed by atoms with van der Waals surface area (Å²) in [6, 6.07) is 8.21. The van der Waals surface area contributed by atoms with E-state index in [1.807, 2.05) is 6.92 Å². The van der Waals surface area contributed by atoms with E-state index in [1.165, 1.54) is 33.5 Å². The lowest BCUT2D eigenvalue weighted by molar-refractivity contribution is -0.116. The van der Waals surface area contributed by atoms with E-state index >= 15 is 0 Å². The molecule has 0 saturated carbocycles. The minimum atomic E-state index is -0.477. The summed E-state index contributed by atoms with van der Waals surface area (Å²) in [6.45, 7) is 3.33. The molecule has 2 aromatic carbocycles. The summed E-state index contributed by atoms with van der Waals surface area (Å²) in [5, 5.41) is 8.04. The molecule has 0 fully saturated rings. The van der Waals surface area contributed by atoms with Gasteiger partial charge in [0.1, 0.15) is 0 Å². The zero-order valence-electron chi connectivity index (χ0n) is 18.3. The monoisotopic (exact) mass is 429 g/mol. The summed E-state index contributed by atoms with van der Waals surface area (Å²) in [5.41, 5.74) is 2.19. The smallest absolute Gasteiger partial charge is 0.251 e. The lowest BCUT2D eigenvalue weighted by Gasteiger charge is -2.14. The van der Waals surface area contributed by atoms with Crippen molar-refractivity contribution in [1.29, 1.82) is 0 Å². The van der Waals surface area contributed by atoms with Crippen molar-refractivity contribution in [2.75, 3.05) is 38.5 Å². The van der Waals surface area contributed by atoms with Crippen LogP contribution in [-0.2, 0) is 9.59 Å². The third-order valence-corrected chi connectivity index (χ3v) is 4.45. The zero-order chi connectivity index (χ0) is 23.0. The first-order valence-electron chi connectivity index (χ1n) is 9.61. The van der Waals surface area contributed by atoms with Gasteiger partial charge in [-0.25, -0.2) is 0 Å². The molecule has 0 aromatic heterocycles. The van der Waals surface area contributed by atoms with Crippen LogP contribution in [0.15, 0.2) is 30.3 Å². The van der Waals surface area contributed by atoms with E-state index in [2.05, 4.69) is 16.0 Å². The van der Waals surface area contributed by atoms with Crippen LogP contribution in [-0.4, -0.2) is 45.6 Å². The van der Waals surface area contributed by atoms with Gasteiger partial charge in [0, 0.05) is 23.4 Å². The van der Waals surface area contributed by atoms with Gasteiger partial charge in [-0.2, -0.15) is 0 Å². The van der Waals surface area contributed by atoms with Crippen molar-refractivity contribution in [3.63, 3.8) is 0 Å². The van der Waals surface area contributed by atoms with E-state index in [1.54, 1.807) is 25.1 Å². The van der Waals surface area contributed by atoms with Gasteiger partial charge in [0.2, 0.25) is 17.6 Å². The summed E-state index contributed by atoms with van der Waals surface area (Å²) in [5.74, 6) is 0.0116. The molecule has 3 amide bonds. The van der Waals surface area contributed by atoms with Gasteiger partial charge in [-0.15, -0.1) is 0 Å². The topological polar surface area (TPSA) is 115 Å². The molecular formula is C22H27N3O6. The van der Waals surface area contributed by atoms with Crippen LogP contribution >= 0.6 is 0 Å². The molecule has 2 aromatic rings. The van der Waals surface area contributed by atoms with Gasteiger partial charge in [0.15, 0.2) is 11.5 Å². The Kier molecular flexibility index (Phi) is 8.25. The maximum atomic E-state index is 12.5. The molecule has 9 nitrogen and oxygen atoms in total. The van der Waals surface area contributed by atoms with E-state index in [4.69, 9.17) is 14.2 Å². The van der Waals surface area contributed by atoms with Gasteiger partial charge < -0.3 is 30.2 Å². The molecular weight excluding hydrogens is 402 g/mol. The SMILES string of the molecule is CCC(=O)Nc1ccc(C)c(NC(=O)CNC(=O)c2cc(OC)c(OC)c(OC)c2)c1. The predicted molar refractivity (Wildman–Crippen MR) is 117 cm³/mol. The molecule has 166 valence electrons. The van der Waals surface area contributed by atoms with Crippen molar-refractivity contribution in [1.82, 2.24) is 5.32 Å². The average Bonchev–Trinajstić information content (AvgIpc) is 2.78. The number of benzene rings is 2. The van der Waals surface area contributed by atoms with E-state index in [-0.39, 0.29) is 18.0 Å². The van der Waals surface area contributed by atoms with Gasteiger partial charge in [0.25, 0.3) is 5.91 Å². The van der Waals surface area contributed by atoms with Crippen molar-refractivity contribution < 1.29 is 28.6 Å². The fourth-order valence-corrected chi connectivity index (χ4v) is 2.75.